The van der Waals surface area contributed by atoms with Gasteiger partial charge in [-0.15, -0.1) is 24.0 Å². The Morgan fingerprint density at radius 1 is 1.46 bits per heavy atom. The first kappa shape index (κ1) is 35.0. The number of esters is 1. The van der Waals surface area contributed by atoms with Crippen molar-refractivity contribution >= 4 is 75.8 Å². The molecule has 1 aliphatic heterocycles. The van der Waals surface area contributed by atoms with Crippen molar-refractivity contribution in [2.45, 2.75) is 39.9 Å². The topological polar surface area (TPSA) is 142 Å². The van der Waals surface area contributed by atoms with Crippen LogP contribution in [-0.2, 0) is 23.8 Å². The fourth-order valence-electron chi connectivity index (χ4n) is 1.31. The fourth-order valence-corrected chi connectivity index (χ4v) is 1.31. The van der Waals surface area contributed by atoms with Crippen molar-refractivity contribution < 1.29 is 39.1 Å². The van der Waals surface area contributed by atoms with E-state index in [4.69, 9.17) is 10.2 Å². The van der Waals surface area contributed by atoms with Crippen LogP contribution in [-0.4, -0.2) is 66.7 Å². The van der Waals surface area contributed by atoms with Gasteiger partial charge in [0, 0.05) is 17.9 Å². The van der Waals surface area contributed by atoms with Crippen LogP contribution in [0.1, 0.15) is 27.7 Å². The zero-order valence-electron chi connectivity index (χ0n) is 15.8. The van der Waals surface area contributed by atoms with Crippen LogP contribution < -0.4 is 11.1 Å². The van der Waals surface area contributed by atoms with Gasteiger partial charge in [0.2, 0.25) is 5.91 Å². The summed E-state index contributed by atoms with van der Waals surface area (Å²) in [6, 6.07) is 0. The molecule has 0 spiro atoms. The molecule has 0 aliphatic carbocycles. The number of nitrogens with one attached hydrogen (secondary N) is 1. The molecule has 0 unspecified atom stereocenters. The summed E-state index contributed by atoms with van der Waals surface area (Å²) in [6.45, 7) is 6.93. The van der Waals surface area contributed by atoms with Crippen LogP contribution in [0.3, 0.4) is 0 Å². The molecular formula is C14H31I3N2O6V. The summed E-state index contributed by atoms with van der Waals surface area (Å²) in [5.74, 6) is -0.968. The quantitative estimate of drug-likeness (QED) is 0.214. The average Bonchev–Trinajstić information content (AvgIpc) is 2.82. The van der Waals surface area contributed by atoms with Crippen molar-refractivity contribution in [1.29, 1.82) is 0 Å². The van der Waals surface area contributed by atoms with E-state index < -0.39 is 34.9 Å². The van der Waals surface area contributed by atoms with Gasteiger partial charge in [0.15, 0.2) is 6.10 Å². The Balaban J connectivity index is -0.000000146. The Hall–Kier alpha value is 1.55. The van der Waals surface area contributed by atoms with Crippen LogP contribution in [0.5, 0.6) is 0 Å². The van der Waals surface area contributed by atoms with E-state index in [1.54, 1.807) is 27.7 Å². The minimum absolute atomic E-state index is 0. The minimum atomic E-state index is -1.16. The maximum atomic E-state index is 10.8. The Kier molecular flexibility index (Phi) is 25.0. The molecule has 2 atom stereocenters. The van der Waals surface area contributed by atoms with Crippen LogP contribution in [0, 0.1) is 10.8 Å². The SMILES string of the molecule is CC1(C)COC(=O)[C@@H]1O.CN.CNC(=O)[C@@H](O)C(C)(C)CO.I.[I][V][I]. The third-order valence-corrected chi connectivity index (χ3v) is 3.19. The standard InChI is InChI=1S/C7H15NO3.C6H10O3.CH5N.3HI.V/c1-7(2,4-9)5(10)6(11)8-3;1-6(2)3-9-5(8)4(6)7;1-2;;;;/h5,9-10H,4H2,1-3H3,(H,8,11);4,7H,3H2,1-2H3;2H2,1H3;3*1H;/q;;;;;;+2/p-2/t5-;4-;;;;;/m10...../s1. The zero-order chi connectivity index (χ0) is 20.8. The van der Waals surface area contributed by atoms with Gasteiger partial charge in [0.25, 0.3) is 0 Å². The van der Waals surface area contributed by atoms with Gasteiger partial charge in [-0.2, -0.15) is 0 Å². The van der Waals surface area contributed by atoms with Gasteiger partial charge >= 0.3 is 55.4 Å². The molecule has 1 amide bonds. The molecule has 0 aromatic heterocycles. The molecular weight excluding hydrogens is 724 g/mol. The summed E-state index contributed by atoms with van der Waals surface area (Å²) in [7, 11) is 3.57. The van der Waals surface area contributed by atoms with Gasteiger partial charge in [0.1, 0.15) is 6.10 Å². The van der Waals surface area contributed by atoms with Crippen molar-refractivity contribution in [3.63, 3.8) is 0 Å². The van der Waals surface area contributed by atoms with E-state index in [9.17, 15) is 14.7 Å². The Morgan fingerprint density at radius 2 is 1.85 bits per heavy atom. The molecule has 0 aromatic carbocycles. The number of aliphatic hydroxyl groups is 3. The molecule has 0 aromatic rings. The average molecular weight is 755 g/mol. The summed E-state index contributed by atoms with van der Waals surface area (Å²) < 4.78 is 4.59. The van der Waals surface area contributed by atoms with Gasteiger partial charge in [-0.1, -0.05) is 27.7 Å². The van der Waals surface area contributed by atoms with E-state index in [0.29, 0.717) is 16.1 Å². The predicted molar refractivity (Wildman–Crippen MR) is 125 cm³/mol. The molecule has 0 saturated carbocycles. The number of halogens is 3. The van der Waals surface area contributed by atoms with E-state index in [2.05, 4.69) is 55.7 Å². The van der Waals surface area contributed by atoms with Crippen molar-refractivity contribution in [2.75, 3.05) is 27.3 Å². The molecule has 1 aliphatic rings. The molecule has 159 valence electrons. The summed E-state index contributed by atoms with van der Waals surface area (Å²) in [6.07, 6.45) is -2.09. The molecule has 1 saturated heterocycles. The number of hydrogen-bond acceptors (Lipinski definition) is 7. The van der Waals surface area contributed by atoms with E-state index in [0.717, 1.165) is 0 Å². The Morgan fingerprint density at radius 3 is 2.00 bits per heavy atom. The first-order valence-electron chi connectivity index (χ1n) is 7.26. The van der Waals surface area contributed by atoms with Crippen LogP contribution in [0.4, 0.5) is 0 Å². The monoisotopic (exact) mass is 755 g/mol. The molecule has 12 heteroatoms. The Bertz CT molecular complexity index is 390. The number of amides is 1. The summed E-state index contributed by atoms with van der Waals surface area (Å²) in [5, 5.41) is 29.4. The van der Waals surface area contributed by atoms with Gasteiger partial charge in [-0.05, 0) is 7.05 Å². The van der Waals surface area contributed by atoms with Crippen molar-refractivity contribution in [3.05, 3.63) is 0 Å². The second-order valence-corrected chi connectivity index (χ2v) is 18.0. The molecule has 1 fully saturated rings. The summed E-state index contributed by atoms with van der Waals surface area (Å²) in [5.41, 5.74) is 3.33. The maximum absolute atomic E-state index is 10.8. The van der Waals surface area contributed by atoms with E-state index >= 15 is 0 Å². The molecule has 0 bridgehead atoms. The predicted octanol–water partition coefficient (Wildman–Crippen LogP) is 1.00. The zero-order valence-corrected chi connectivity index (χ0v) is 23.9. The first-order chi connectivity index (χ1) is 11.4. The number of rotatable bonds is 3. The molecule has 26 heavy (non-hydrogen) atoms. The number of ether oxygens (including phenoxy) is 1. The Labute approximate surface area is 202 Å². The van der Waals surface area contributed by atoms with Crippen LogP contribution in [0.2, 0.25) is 0 Å². The van der Waals surface area contributed by atoms with Crippen LogP contribution in [0.15, 0.2) is 0 Å². The molecule has 1 rings (SSSR count). The number of nitrogens with two attached hydrogens (primary N) is 1. The number of aliphatic hydroxyl groups excluding tert-OH is 3. The van der Waals surface area contributed by atoms with Crippen LogP contribution >= 0.6 is 63.9 Å². The van der Waals surface area contributed by atoms with Gasteiger partial charge in [-0.3, -0.25) is 4.79 Å². The second-order valence-electron chi connectivity index (χ2n) is 6.23. The van der Waals surface area contributed by atoms with E-state index in [-0.39, 0.29) is 30.6 Å². The third-order valence-electron chi connectivity index (χ3n) is 3.19. The van der Waals surface area contributed by atoms with Gasteiger partial charge in [0.05, 0.1) is 13.2 Å². The first-order valence-corrected chi connectivity index (χ1v) is 16.3. The fraction of sp³-hybridized carbons (Fsp3) is 0.857. The molecule has 8 nitrogen and oxygen atoms in total. The van der Waals surface area contributed by atoms with Crippen LogP contribution in [0.25, 0.3) is 0 Å². The van der Waals surface area contributed by atoms with Crippen molar-refractivity contribution in [1.82, 2.24) is 5.32 Å². The van der Waals surface area contributed by atoms with Crippen molar-refractivity contribution in [2.24, 2.45) is 16.6 Å². The number of hydrogen-bond donors (Lipinski definition) is 5. The number of carbonyl (C=O) groups is 2. The molecule has 6 N–H and O–H groups in total. The summed E-state index contributed by atoms with van der Waals surface area (Å²) >= 11 is 4.74. The van der Waals surface area contributed by atoms with E-state index in [1.165, 1.54) is 14.1 Å². The molecule has 0 radical (unpaired) electrons. The summed E-state index contributed by atoms with van der Waals surface area (Å²) in [4.78, 5) is 21.4. The van der Waals surface area contributed by atoms with Crippen molar-refractivity contribution in [3.8, 4) is 0 Å². The number of likely N-dealkylation sites (N-methyl/N-ethyl adjacent to an activating group) is 1. The number of carbonyl (C=O) groups excluding carboxylic acids is 2. The van der Waals surface area contributed by atoms with Gasteiger partial charge in [-0.25, -0.2) is 4.79 Å². The van der Waals surface area contributed by atoms with E-state index in [1.807, 2.05) is 0 Å². The second kappa shape index (κ2) is 18.6. The molecule has 1 heterocycles. The number of cyclic esters (lactones) is 1. The normalized spacial score (nSPS) is 18.0. The van der Waals surface area contributed by atoms with Gasteiger partial charge < -0.3 is 31.1 Å². The third kappa shape index (κ3) is 14.5.